The zero-order valence-electron chi connectivity index (χ0n) is 15.3. The number of carbonyl (C=O) groups is 1. The van der Waals surface area contributed by atoms with Gasteiger partial charge in [-0.1, -0.05) is 6.42 Å². The van der Waals surface area contributed by atoms with Gasteiger partial charge in [0.15, 0.2) is 0 Å². The fourth-order valence-electron chi connectivity index (χ4n) is 3.86. The molecule has 1 aromatic heterocycles. The second-order valence-corrected chi connectivity index (χ2v) is 7.13. The van der Waals surface area contributed by atoms with Gasteiger partial charge in [-0.25, -0.2) is 0 Å². The highest BCUT2D eigenvalue weighted by Gasteiger charge is 2.28. The van der Waals surface area contributed by atoms with E-state index in [1.165, 1.54) is 19.3 Å². The van der Waals surface area contributed by atoms with Crippen LogP contribution < -0.4 is 0 Å². The van der Waals surface area contributed by atoms with Crippen molar-refractivity contribution in [1.82, 2.24) is 19.6 Å². The lowest BCUT2D eigenvalue weighted by Crippen LogP contribution is -2.44. The summed E-state index contributed by atoms with van der Waals surface area (Å²) in [6, 6.07) is 0. The summed E-state index contributed by atoms with van der Waals surface area (Å²) in [4.78, 5) is 17.5. The Balaban J connectivity index is 1.68. The minimum Gasteiger partial charge on any atom is -0.375 e. The van der Waals surface area contributed by atoms with E-state index < -0.39 is 0 Å². The van der Waals surface area contributed by atoms with Crippen LogP contribution in [0, 0.1) is 13.8 Å². The zero-order chi connectivity index (χ0) is 17.1. The number of rotatable bonds is 3. The molecule has 0 radical (unpaired) electrons. The van der Waals surface area contributed by atoms with Gasteiger partial charge in [-0.2, -0.15) is 5.10 Å². The third kappa shape index (κ3) is 3.81. The first-order valence-corrected chi connectivity index (χ1v) is 9.19. The van der Waals surface area contributed by atoms with Crippen molar-refractivity contribution in [3.63, 3.8) is 0 Å². The second-order valence-electron chi connectivity index (χ2n) is 7.13. The maximum atomic E-state index is 13.0. The summed E-state index contributed by atoms with van der Waals surface area (Å²) in [5.74, 6) is 0.104. The average molecular weight is 334 g/mol. The molecular weight excluding hydrogens is 304 g/mol. The molecule has 24 heavy (non-hydrogen) atoms. The van der Waals surface area contributed by atoms with Crippen molar-refractivity contribution in [1.29, 1.82) is 0 Å². The van der Waals surface area contributed by atoms with Gasteiger partial charge in [0.25, 0.3) is 5.91 Å². The molecule has 0 N–H and O–H groups in total. The molecule has 2 fully saturated rings. The molecule has 134 valence electrons. The monoisotopic (exact) mass is 334 g/mol. The first-order chi connectivity index (χ1) is 11.6. The van der Waals surface area contributed by atoms with Crippen molar-refractivity contribution in [3.05, 3.63) is 17.0 Å². The molecule has 2 saturated heterocycles. The molecule has 0 aromatic carbocycles. The Hall–Kier alpha value is -1.40. The fourth-order valence-corrected chi connectivity index (χ4v) is 3.86. The molecule has 0 saturated carbocycles. The van der Waals surface area contributed by atoms with E-state index in [2.05, 4.69) is 10.00 Å². The Morgan fingerprint density at radius 1 is 1.17 bits per heavy atom. The quantitative estimate of drug-likeness (QED) is 0.845. The highest BCUT2D eigenvalue weighted by molar-refractivity contribution is 5.96. The van der Waals surface area contributed by atoms with Gasteiger partial charge in [-0.15, -0.1) is 0 Å². The van der Waals surface area contributed by atoms with Crippen molar-refractivity contribution in [2.24, 2.45) is 7.05 Å². The Kier molecular flexibility index (Phi) is 5.56. The lowest BCUT2D eigenvalue weighted by Gasteiger charge is -2.31. The molecule has 3 heterocycles. The van der Waals surface area contributed by atoms with Crippen molar-refractivity contribution in [2.75, 3.05) is 39.3 Å². The van der Waals surface area contributed by atoms with E-state index in [0.717, 1.165) is 56.2 Å². The maximum Gasteiger partial charge on any atom is 0.257 e. The summed E-state index contributed by atoms with van der Waals surface area (Å²) >= 11 is 0. The van der Waals surface area contributed by atoms with E-state index in [1.54, 1.807) is 4.68 Å². The fraction of sp³-hybridized carbons (Fsp3) is 0.778. The molecule has 3 rings (SSSR count). The largest absolute Gasteiger partial charge is 0.375 e. The van der Waals surface area contributed by atoms with E-state index in [1.807, 2.05) is 25.8 Å². The summed E-state index contributed by atoms with van der Waals surface area (Å²) in [6.07, 6.45) is 4.92. The third-order valence-electron chi connectivity index (χ3n) is 5.27. The molecule has 1 aromatic rings. The first-order valence-electron chi connectivity index (χ1n) is 9.19. The number of carbonyl (C=O) groups excluding carboxylic acids is 1. The molecule has 1 atom stereocenters. The Bertz CT molecular complexity index is 578. The van der Waals surface area contributed by atoms with E-state index in [-0.39, 0.29) is 12.0 Å². The molecule has 2 aliphatic rings. The topological polar surface area (TPSA) is 50.6 Å². The number of amides is 1. The number of nitrogens with zero attached hydrogens (tertiary/aromatic N) is 4. The number of ether oxygens (including phenoxy) is 1. The van der Waals surface area contributed by atoms with Crippen LogP contribution in [-0.4, -0.2) is 70.9 Å². The Morgan fingerprint density at radius 3 is 2.58 bits per heavy atom. The predicted octanol–water partition coefficient (Wildman–Crippen LogP) is 1.75. The summed E-state index contributed by atoms with van der Waals surface area (Å²) < 4.78 is 7.83. The van der Waals surface area contributed by atoms with E-state index >= 15 is 0 Å². The van der Waals surface area contributed by atoms with Crippen LogP contribution in [0.2, 0.25) is 0 Å². The van der Waals surface area contributed by atoms with Crippen LogP contribution in [-0.2, 0) is 11.8 Å². The minimum atomic E-state index is 0.104. The Morgan fingerprint density at radius 2 is 1.92 bits per heavy atom. The maximum absolute atomic E-state index is 13.0. The van der Waals surface area contributed by atoms with Gasteiger partial charge in [-0.3, -0.25) is 9.48 Å². The van der Waals surface area contributed by atoms with Gasteiger partial charge in [0.1, 0.15) is 0 Å². The highest BCUT2D eigenvalue weighted by atomic mass is 16.5. The van der Waals surface area contributed by atoms with Crippen LogP contribution in [0.1, 0.15) is 47.4 Å². The molecular formula is C18H30N4O2. The van der Waals surface area contributed by atoms with Crippen LogP contribution >= 0.6 is 0 Å². The first kappa shape index (κ1) is 17.4. The third-order valence-corrected chi connectivity index (χ3v) is 5.27. The molecule has 2 aliphatic heterocycles. The lowest BCUT2D eigenvalue weighted by molar-refractivity contribution is 0.0216. The summed E-state index contributed by atoms with van der Waals surface area (Å²) in [6.45, 7) is 9.34. The van der Waals surface area contributed by atoms with Crippen molar-refractivity contribution in [2.45, 2.75) is 45.6 Å². The molecule has 0 spiro atoms. The smallest absolute Gasteiger partial charge is 0.257 e. The van der Waals surface area contributed by atoms with E-state index in [9.17, 15) is 4.79 Å². The Labute approximate surface area is 144 Å². The summed E-state index contributed by atoms with van der Waals surface area (Å²) in [5, 5.41) is 4.39. The van der Waals surface area contributed by atoms with Gasteiger partial charge < -0.3 is 14.5 Å². The predicted molar refractivity (Wildman–Crippen MR) is 93.2 cm³/mol. The SMILES string of the molecule is Cc1nn(C)c(C)c1C(=O)N1CCCO[C@@H](CN2CCCCC2)C1. The van der Waals surface area contributed by atoms with E-state index in [4.69, 9.17) is 4.74 Å². The van der Waals surface area contributed by atoms with Gasteiger partial charge >= 0.3 is 0 Å². The standard InChI is InChI=1S/C18H30N4O2/c1-14-17(15(2)20(3)19-14)18(23)22-10-7-11-24-16(13-22)12-21-8-5-4-6-9-21/h16H,4-13H2,1-3H3/t16-/m0/s1. The number of piperidine rings is 1. The number of hydrogen-bond donors (Lipinski definition) is 0. The highest BCUT2D eigenvalue weighted by Crippen LogP contribution is 2.18. The number of likely N-dealkylation sites (tertiary alicyclic amines) is 1. The van der Waals surface area contributed by atoms with Crippen molar-refractivity contribution < 1.29 is 9.53 Å². The van der Waals surface area contributed by atoms with Gasteiger partial charge in [-0.05, 0) is 46.2 Å². The molecule has 0 unspecified atom stereocenters. The number of aryl methyl sites for hydroxylation is 2. The zero-order valence-corrected chi connectivity index (χ0v) is 15.3. The van der Waals surface area contributed by atoms with Crippen LogP contribution in [0.25, 0.3) is 0 Å². The molecule has 6 heteroatoms. The normalized spacial score (nSPS) is 23.3. The molecule has 0 bridgehead atoms. The van der Waals surface area contributed by atoms with Crippen LogP contribution in [0.3, 0.4) is 0 Å². The number of hydrogen-bond acceptors (Lipinski definition) is 4. The summed E-state index contributed by atoms with van der Waals surface area (Å²) in [5.41, 5.74) is 2.52. The van der Waals surface area contributed by atoms with Crippen molar-refractivity contribution in [3.8, 4) is 0 Å². The molecule has 6 nitrogen and oxygen atoms in total. The average Bonchev–Trinajstić information content (AvgIpc) is 2.74. The van der Waals surface area contributed by atoms with Crippen LogP contribution in [0.4, 0.5) is 0 Å². The van der Waals surface area contributed by atoms with Crippen molar-refractivity contribution >= 4 is 5.91 Å². The van der Waals surface area contributed by atoms with Crippen LogP contribution in [0.5, 0.6) is 0 Å². The second kappa shape index (κ2) is 7.66. The minimum absolute atomic E-state index is 0.104. The van der Waals surface area contributed by atoms with E-state index in [0.29, 0.717) is 6.54 Å². The van der Waals surface area contributed by atoms with Gasteiger partial charge in [0, 0.05) is 39.0 Å². The van der Waals surface area contributed by atoms with Gasteiger partial charge in [0.2, 0.25) is 0 Å². The van der Waals surface area contributed by atoms with Crippen LogP contribution in [0.15, 0.2) is 0 Å². The number of aromatic nitrogens is 2. The molecule has 0 aliphatic carbocycles. The summed E-state index contributed by atoms with van der Waals surface area (Å²) in [7, 11) is 1.89. The van der Waals surface area contributed by atoms with Gasteiger partial charge in [0.05, 0.1) is 17.4 Å². The molecule has 1 amide bonds. The lowest BCUT2D eigenvalue weighted by atomic mass is 10.1.